The summed E-state index contributed by atoms with van der Waals surface area (Å²) in [6.45, 7) is 8.19. The van der Waals surface area contributed by atoms with E-state index in [1.807, 2.05) is 42.2 Å². The normalized spacial score (nSPS) is 14.1. The SMILES string of the molecule is Cc1nc(C(=O)N2CCN(C)c3ccccc3C2)nn1-c1ccccc1C(C)C. The van der Waals surface area contributed by atoms with Crippen molar-refractivity contribution in [1.29, 1.82) is 0 Å². The summed E-state index contributed by atoms with van der Waals surface area (Å²) in [6.07, 6.45) is 0. The maximum Gasteiger partial charge on any atom is 0.293 e. The lowest BCUT2D eigenvalue weighted by Gasteiger charge is -2.19. The highest BCUT2D eigenvalue weighted by Crippen LogP contribution is 2.25. The standard InChI is InChI=1S/C23H27N5O/c1-16(2)19-10-6-8-12-21(19)28-17(3)24-22(25-28)23(29)27-14-13-26(4)20-11-7-5-9-18(20)15-27/h5-12,16H,13-15H2,1-4H3. The number of rotatable bonds is 3. The van der Waals surface area contributed by atoms with Crippen LogP contribution in [-0.2, 0) is 6.54 Å². The molecular formula is C23H27N5O. The van der Waals surface area contributed by atoms with E-state index >= 15 is 0 Å². The Morgan fingerprint density at radius 1 is 1.00 bits per heavy atom. The number of hydrogen-bond acceptors (Lipinski definition) is 4. The number of nitrogens with zero attached hydrogens (tertiary/aromatic N) is 5. The highest BCUT2D eigenvalue weighted by molar-refractivity contribution is 5.90. The van der Waals surface area contributed by atoms with Crippen LogP contribution in [-0.4, -0.2) is 45.7 Å². The van der Waals surface area contributed by atoms with Gasteiger partial charge in [-0.1, -0.05) is 50.2 Å². The third kappa shape index (κ3) is 3.62. The molecule has 1 aliphatic heterocycles. The van der Waals surface area contributed by atoms with Crippen molar-refractivity contribution in [2.24, 2.45) is 0 Å². The Morgan fingerprint density at radius 3 is 2.45 bits per heavy atom. The predicted octanol–water partition coefficient (Wildman–Crippen LogP) is 3.79. The third-order valence-electron chi connectivity index (χ3n) is 5.50. The number of aromatic nitrogens is 3. The molecule has 6 nitrogen and oxygen atoms in total. The van der Waals surface area contributed by atoms with E-state index in [0.717, 1.165) is 17.8 Å². The summed E-state index contributed by atoms with van der Waals surface area (Å²) in [5, 5.41) is 4.60. The number of para-hydroxylation sites is 2. The van der Waals surface area contributed by atoms with E-state index in [9.17, 15) is 4.79 Å². The van der Waals surface area contributed by atoms with E-state index < -0.39 is 0 Å². The third-order valence-corrected chi connectivity index (χ3v) is 5.50. The minimum Gasteiger partial charge on any atom is -0.373 e. The summed E-state index contributed by atoms with van der Waals surface area (Å²) in [4.78, 5) is 21.8. The van der Waals surface area contributed by atoms with Crippen molar-refractivity contribution < 1.29 is 4.79 Å². The second-order valence-corrected chi connectivity index (χ2v) is 7.88. The van der Waals surface area contributed by atoms with Crippen LogP contribution in [0.2, 0.25) is 0 Å². The van der Waals surface area contributed by atoms with E-state index in [4.69, 9.17) is 0 Å². The highest BCUT2D eigenvalue weighted by atomic mass is 16.2. The van der Waals surface area contributed by atoms with Gasteiger partial charge in [-0.3, -0.25) is 4.79 Å². The van der Waals surface area contributed by atoms with Gasteiger partial charge in [-0.15, -0.1) is 5.10 Å². The topological polar surface area (TPSA) is 54.3 Å². The molecule has 0 fully saturated rings. The van der Waals surface area contributed by atoms with E-state index in [1.54, 1.807) is 4.68 Å². The average molecular weight is 390 g/mol. The Bertz CT molecular complexity index is 1040. The maximum atomic E-state index is 13.3. The monoisotopic (exact) mass is 389 g/mol. The zero-order chi connectivity index (χ0) is 20.5. The predicted molar refractivity (Wildman–Crippen MR) is 115 cm³/mol. The molecule has 1 aliphatic rings. The Hall–Kier alpha value is -3.15. The van der Waals surface area contributed by atoms with E-state index in [2.05, 4.69) is 54.1 Å². The quantitative estimate of drug-likeness (QED) is 0.684. The molecule has 2 aromatic carbocycles. The van der Waals surface area contributed by atoms with Crippen LogP contribution in [0.4, 0.5) is 5.69 Å². The first-order chi connectivity index (χ1) is 14.0. The molecule has 3 aromatic rings. The van der Waals surface area contributed by atoms with Crippen LogP contribution in [0, 0.1) is 6.92 Å². The number of hydrogen-bond donors (Lipinski definition) is 0. The lowest BCUT2D eigenvalue weighted by atomic mass is 10.0. The Balaban J connectivity index is 1.65. The van der Waals surface area contributed by atoms with Crippen molar-refractivity contribution in [2.45, 2.75) is 33.2 Å². The molecule has 1 aromatic heterocycles. The fraction of sp³-hybridized carbons (Fsp3) is 0.348. The van der Waals surface area contributed by atoms with Crippen LogP contribution >= 0.6 is 0 Å². The molecule has 4 rings (SSSR count). The van der Waals surface area contributed by atoms with Crippen LogP contribution in [0.1, 0.15) is 47.3 Å². The number of amides is 1. The summed E-state index contributed by atoms with van der Waals surface area (Å²) < 4.78 is 1.79. The van der Waals surface area contributed by atoms with Crippen LogP contribution in [0.15, 0.2) is 48.5 Å². The Labute approximate surface area is 171 Å². The van der Waals surface area contributed by atoms with Crippen LogP contribution in [0.5, 0.6) is 0 Å². The Morgan fingerprint density at radius 2 is 1.69 bits per heavy atom. The van der Waals surface area contributed by atoms with Gasteiger partial charge in [0, 0.05) is 32.4 Å². The van der Waals surface area contributed by atoms with Crippen molar-refractivity contribution >= 4 is 11.6 Å². The molecule has 0 saturated carbocycles. The molecule has 0 saturated heterocycles. The van der Waals surface area contributed by atoms with Gasteiger partial charge in [0.25, 0.3) is 5.91 Å². The number of aryl methyl sites for hydroxylation is 1. The van der Waals surface area contributed by atoms with Crippen molar-refractivity contribution in [3.8, 4) is 5.69 Å². The maximum absolute atomic E-state index is 13.3. The molecule has 0 atom stereocenters. The first-order valence-electron chi connectivity index (χ1n) is 10.1. The first-order valence-corrected chi connectivity index (χ1v) is 10.1. The van der Waals surface area contributed by atoms with Gasteiger partial charge in [0.1, 0.15) is 5.82 Å². The number of anilines is 1. The molecule has 0 spiro atoms. The van der Waals surface area contributed by atoms with Gasteiger partial charge >= 0.3 is 0 Å². The highest BCUT2D eigenvalue weighted by Gasteiger charge is 2.26. The summed E-state index contributed by atoms with van der Waals surface area (Å²) in [5.41, 5.74) is 4.47. The summed E-state index contributed by atoms with van der Waals surface area (Å²) in [7, 11) is 2.06. The van der Waals surface area contributed by atoms with Gasteiger partial charge in [-0.05, 0) is 36.1 Å². The molecule has 0 bridgehead atoms. The number of likely N-dealkylation sites (N-methyl/N-ethyl adjacent to an activating group) is 1. The molecule has 150 valence electrons. The van der Waals surface area contributed by atoms with Crippen molar-refractivity contribution in [3.63, 3.8) is 0 Å². The summed E-state index contributed by atoms with van der Waals surface area (Å²) in [5.74, 6) is 1.20. The van der Waals surface area contributed by atoms with Crippen molar-refractivity contribution in [3.05, 3.63) is 71.3 Å². The van der Waals surface area contributed by atoms with Crippen LogP contribution in [0.25, 0.3) is 5.69 Å². The number of carbonyl (C=O) groups excluding carboxylic acids is 1. The van der Waals surface area contributed by atoms with Crippen LogP contribution < -0.4 is 4.90 Å². The zero-order valence-electron chi connectivity index (χ0n) is 17.5. The molecule has 6 heteroatoms. The fourth-order valence-electron chi connectivity index (χ4n) is 3.89. The Kier molecular flexibility index (Phi) is 5.09. The van der Waals surface area contributed by atoms with Gasteiger partial charge in [-0.2, -0.15) is 0 Å². The largest absolute Gasteiger partial charge is 0.373 e. The number of carbonyl (C=O) groups is 1. The van der Waals surface area contributed by atoms with Gasteiger partial charge < -0.3 is 9.80 Å². The van der Waals surface area contributed by atoms with E-state index in [0.29, 0.717) is 24.8 Å². The van der Waals surface area contributed by atoms with E-state index in [1.165, 1.54) is 11.3 Å². The molecule has 0 unspecified atom stereocenters. The lowest BCUT2D eigenvalue weighted by Crippen LogP contribution is -2.35. The number of benzene rings is 2. The van der Waals surface area contributed by atoms with Gasteiger partial charge in [0.15, 0.2) is 0 Å². The molecule has 0 N–H and O–H groups in total. The molecule has 1 amide bonds. The second-order valence-electron chi connectivity index (χ2n) is 7.88. The fourth-order valence-corrected chi connectivity index (χ4v) is 3.89. The van der Waals surface area contributed by atoms with Gasteiger partial charge in [-0.25, -0.2) is 9.67 Å². The summed E-state index contributed by atoms with van der Waals surface area (Å²) in [6, 6.07) is 16.4. The smallest absolute Gasteiger partial charge is 0.293 e. The lowest BCUT2D eigenvalue weighted by molar-refractivity contribution is 0.0739. The minimum absolute atomic E-state index is 0.126. The molecule has 0 aliphatic carbocycles. The molecule has 2 heterocycles. The average Bonchev–Trinajstić information content (AvgIpc) is 3.03. The number of fused-ring (bicyclic) bond motifs is 1. The molecule has 0 radical (unpaired) electrons. The van der Waals surface area contributed by atoms with Crippen LogP contribution in [0.3, 0.4) is 0 Å². The first kappa shape index (κ1) is 19.2. The van der Waals surface area contributed by atoms with Crippen molar-refractivity contribution in [1.82, 2.24) is 19.7 Å². The minimum atomic E-state index is -0.126. The summed E-state index contributed by atoms with van der Waals surface area (Å²) >= 11 is 0. The van der Waals surface area contributed by atoms with Gasteiger partial charge in [0.05, 0.1) is 5.69 Å². The van der Waals surface area contributed by atoms with E-state index in [-0.39, 0.29) is 11.7 Å². The molecule has 29 heavy (non-hydrogen) atoms. The second kappa shape index (κ2) is 7.70. The zero-order valence-corrected chi connectivity index (χ0v) is 17.5. The van der Waals surface area contributed by atoms with Crippen molar-refractivity contribution in [2.75, 3.05) is 25.0 Å². The van der Waals surface area contributed by atoms with Gasteiger partial charge in [0.2, 0.25) is 5.82 Å². The molecular weight excluding hydrogens is 362 g/mol.